The Morgan fingerprint density at radius 3 is 2.15 bits per heavy atom. The summed E-state index contributed by atoms with van der Waals surface area (Å²) < 4.78 is 5.13. The van der Waals surface area contributed by atoms with Gasteiger partial charge in [-0.15, -0.1) is 0 Å². The molecule has 6 heteroatoms. The molecule has 2 aromatic rings. The molecule has 2 rings (SSSR count). The van der Waals surface area contributed by atoms with Crippen molar-refractivity contribution in [3.8, 4) is 5.75 Å². The number of nitrogens with zero attached hydrogens (tertiary/aromatic N) is 2. The van der Waals surface area contributed by atoms with Crippen LogP contribution in [0.4, 0.5) is 11.6 Å². The lowest BCUT2D eigenvalue weighted by molar-refractivity contribution is 0.414. The highest BCUT2D eigenvalue weighted by atomic mass is 32.1. The molecule has 0 saturated carbocycles. The molecule has 0 aliphatic rings. The van der Waals surface area contributed by atoms with Crippen LogP contribution in [0.15, 0.2) is 24.3 Å². The molecule has 4 N–H and O–H groups in total. The second-order valence-electron chi connectivity index (χ2n) is 4.53. The van der Waals surface area contributed by atoms with E-state index >= 15 is 0 Å². The van der Waals surface area contributed by atoms with E-state index in [0.717, 1.165) is 16.9 Å². The van der Waals surface area contributed by atoms with Gasteiger partial charge in [0.25, 0.3) is 0 Å². The molecular weight excluding hydrogens is 272 g/mol. The first-order valence-electron chi connectivity index (χ1n) is 6.24. The molecule has 0 fully saturated rings. The average Bonchev–Trinajstić information content (AvgIpc) is 2.43. The summed E-state index contributed by atoms with van der Waals surface area (Å²) in [4.78, 5) is 8.50. The number of nitrogens with two attached hydrogens (primary N) is 2. The first-order chi connectivity index (χ1) is 9.51. The fourth-order valence-electron chi connectivity index (χ4n) is 1.85. The van der Waals surface area contributed by atoms with E-state index in [2.05, 4.69) is 22.6 Å². The van der Waals surface area contributed by atoms with Crippen LogP contribution in [-0.4, -0.2) is 17.1 Å². The minimum absolute atomic E-state index is 0.102. The van der Waals surface area contributed by atoms with E-state index < -0.39 is 0 Å². The number of nitrogen functional groups attached to an aromatic ring is 2. The number of thiol groups is 1. The van der Waals surface area contributed by atoms with Gasteiger partial charge in [-0.25, -0.2) is 9.97 Å². The van der Waals surface area contributed by atoms with Gasteiger partial charge in [0.05, 0.1) is 12.4 Å². The summed E-state index contributed by atoms with van der Waals surface area (Å²) in [5.74, 6) is 2.17. The second kappa shape index (κ2) is 6.00. The molecule has 1 heterocycles. The quantitative estimate of drug-likeness (QED) is 0.752. The molecule has 0 saturated heterocycles. The van der Waals surface area contributed by atoms with Crippen LogP contribution in [-0.2, 0) is 6.42 Å². The number of benzene rings is 1. The Balaban J connectivity index is 2.28. The van der Waals surface area contributed by atoms with Crippen LogP contribution >= 0.6 is 12.6 Å². The highest BCUT2D eigenvalue weighted by Crippen LogP contribution is 2.24. The van der Waals surface area contributed by atoms with Crippen LogP contribution < -0.4 is 16.2 Å². The maximum atomic E-state index is 5.97. The van der Waals surface area contributed by atoms with Crippen LogP contribution in [0.25, 0.3) is 0 Å². The first-order valence-corrected chi connectivity index (χ1v) is 6.75. The van der Waals surface area contributed by atoms with Crippen LogP contribution in [0.1, 0.15) is 29.1 Å². The van der Waals surface area contributed by atoms with Crippen LogP contribution in [0.3, 0.4) is 0 Å². The van der Waals surface area contributed by atoms with Gasteiger partial charge in [-0.1, -0.05) is 12.1 Å². The van der Waals surface area contributed by atoms with E-state index in [-0.39, 0.29) is 5.25 Å². The topological polar surface area (TPSA) is 87.0 Å². The van der Waals surface area contributed by atoms with Gasteiger partial charge in [0.1, 0.15) is 23.2 Å². The SMILES string of the molecule is COc1ccc(Cc2c(N)nc(C(C)S)nc2N)cc1. The van der Waals surface area contributed by atoms with Crippen molar-refractivity contribution in [3.05, 3.63) is 41.2 Å². The van der Waals surface area contributed by atoms with Gasteiger partial charge in [0.2, 0.25) is 0 Å². The summed E-state index contributed by atoms with van der Waals surface area (Å²) in [6.45, 7) is 1.88. The Morgan fingerprint density at radius 1 is 1.15 bits per heavy atom. The van der Waals surface area contributed by atoms with Crippen LogP contribution in [0.5, 0.6) is 5.75 Å². The number of aromatic nitrogens is 2. The molecule has 106 valence electrons. The predicted octanol–water partition coefficient (Wildman–Crippen LogP) is 2.23. The van der Waals surface area contributed by atoms with Crippen molar-refractivity contribution in [2.75, 3.05) is 18.6 Å². The Hall–Kier alpha value is -1.95. The van der Waals surface area contributed by atoms with Gasteiger partial charge in [-0.05, 0) is 24.6 Å². The zero-order valence-corrected chi connectivity index (χ0v) is 12.4. The van der Waals surface area contributed by atoms with E-state index in [1.165, 1.54) is 0 Å². The molecule has 0 spiro atoms. The third-order valence-electron chi connectivity index (χ3n) is 3.00. The molecule has 1 aromatic heterocycles. The highest BCUT2D eigenvalue weighted by molar-refractivity contribution is 7.80. The van der Waals surface area contributed by atoms with Crippen molar-refractivity contribution < 1.29 is 4.74 Å². The third-order valence-corrected chi connectivity index (χ3v) is 3.23. The zero-order chi connectivity index (χ0) is 14.7. The number of methoxy groups -OCH3 is 1. The first kappa shape index (κ1) is 14.5. The van der Waals surface area contributed by atoms with Crippen molar-refractivity contribution in [1.29, 1.82) is 0 Å². The smallest absolute Gasteiger partial charge is 0.145 e. The summed E-state index contributed by atoms with van der Waals surface area (Å²) in [6, 6.07) is 7.72. The molecule has 0 aliphatic carbocycles. The zero-order valence-electron chi connectivity index (χ0n) is 11.5. The van der Waals surface area contributed by atoms with Gasteiger partial charge >= 0.3 is 0 Å². The van der Waals surface area contributed by atoms with Crippen molar-refractivity contribution in [1.82, 2.24) is 9.97 Å². The third kappa shape index (κ3) is 3.14. The molecule has 5 nitrogen and oxygen atoms in total. The second-order valence-corrected chi connectivity index (χ2v) is 5.31. The highest BCUT2D eigenvalue weighted by Gasteiger charge is 2.13. The molecular formula is C14H18N4OS. The van der Waals surface area contributed by atoms with Crippen molar-refractivity contribution >= 4 is 24.3 Å². The molecule has 1 unspecified atom stereocenters. The summed E-state index contributed by atoms with van der Waals surface area (Å²) in [7, 11) is 1.64. The largest absolute Gasteiger partial charge is 0.497 e. The molecule has 20 heavy (non-hydrogen) atoms. The summed E-state index contributed by atoms with van der Waals surface area (Å²) in [5, 5.41) is -0.102. The maximum Gasteiger partial charge on any atom is 0.145 e. The van der Waals surface area contributed by atoms with Crippen LogP contribution in [0.2, 0.25) is 0 Å². The lowest BCUT2D eigenvalue weighted by Gasteiger charge is -2.12. The molecule has 0 amide bonds. The minimum Gasteiger partial charge on any atom is -0.497 e. The normalized spacial score (nSPS) is 12.2. The van der Waals surface area contributed by atoms with E-state index in [1.807, 2.05) is 31.2 Å². The van der Waals surface area contributed by atoms with Crippen molar-refractivity contribution in [2.45, 2.75) is 18.6 Å². The molecule has 0 radical (unpaired) electrons. The maximum absolute atomic E-state index is 5.97. The minimum atomic E-state index is -0.102. The lowest BCUT2D eigenvalue weighted by atomic mass is 10.1. The lowest BCUT2D eigenvalue weighted by Crippen LogP contribution is -2.10. The fraction of sp³-hybridized carbons (Fsp3) is 0.286. The number of rotatable bonds is 4. The Labute approximate surface area is 123 Å². The fourth-order valence-corrected chi connectivity index (χ4v) is 1.97. The number of ether oxygens (including phenoxy) is 1. The standard InChI is InChI=1S/C14H18N4OS/c1-8(20)14-17-12(15)11(13(16)18-14)7-9-3-5-10(19-2)6-4-9/h3-6,8,20H,7H2,1-2H3,(H4,15,16,17,18). The Kier molecular flexibility index (Phi) is 4.34. The Morgan fingerprint density at radius 2 is 1.70 bits per heavy atom. The molecule has 0 aliphatic heterocycles. The van der Waals surface area contributed by atoms with Gasteiger partial charge in [-0.2, -0.15) is 12.6 Å². The molecule has 0 bridgehead atoms. The monoisotopic (exact) mass is 290 g/mol. The van der Waals surface area contributed by atoms with Gasteiger partial charge in [0.15, 0.2) is 0 Å². The number of anilines is 2. The van der Waals surface area contributed by atoms with E-state index in [9.17, 15) is 0 Å². The summed E-state index contributed by atoms with van der Waals surface area (Å²) in [6.07, 6.45) is 0.586. The number of hydrogen-bond acceptors (Lipinski definition) is 6. The van der Waals surface area contributed by atoms with E-state index in [0.29, 0.717) is 23.9 Å². The predicted molar refractivity (Wildman–Crippen MR) is 84.1 cm³/mol. The van der Waals surface area contributed by atoms with Crippen molar-refractivity contribution in [2.24, 2.45) is 0 Å². The van der Waals surface area contributed by atoms with Gasteiger partial charge < -0.3 is 16.2 Å². The van der Waals surface area contributed by atoms with Gasteiger partial charge in [0, 0.05) is 12.0 Å². The number of hydrogen-bond donors (Lipinski definition) is 3. The van der Waals surface area contributed by atoms with E-state index in [4.69, 9.17) is 16.2 Å². The Bertz CT molecular complexity index is 576. The van der Waals surface area contributed by atoms with Gasteiger partial charge in [-0.3, -0.25) is 0 Å². The summed E-state index contributed by atoms with van der Waals surface area (Å²) in [5.41, 5.74) is 13.8. The molecule has 1 atom stereocenters. The average molecular weight is 290 g/mol. The van der Waals surface area contributed by atoms with Crippen LogP contribution in [0, 0.1) is 0 Å². The van der Waals surface area contributed by atoms with E-state index in [1.54, 1.807) is 7.11 Å². The molecule has 1 aromatic carbocycles. The van der Waals surface area contributed by atoms with Crippen molar-refractivity contribution in [3.63, 3.8) is 0 Å². The summed E-state index contributed by atoms with van der Waals surface area (Å²) >= 11 is 4.29.